The Labute approximate surface area is 329 Å². The molecule has 1 fully saturated rings. The van der Waals surface area contributed by atoms with Crippen LogP contribution in [0.5, 0.6) is 0 Å². The third-order valence-electron chi connectivity index (χ3n) is 9.71. The number of ether oxygens (including phenoxy) is 6. The van der Waals surface area contributed by atoms with Crippen LogP contribution in [0.2, 0.25) is 0 Å². The molecule has 6 unspecified atom stereocenters. The molecule has 58 heavy (non-hydrogen) atoms. The van der Waals surface area contributed by atoms with Gasteiger partial charge in [-0.3, -0.25) is 9.59 Å². The van der Waals surface area contributed by atoms with E-state index in [9.17, 15) is 27.6 Å². The Balaban J connectivity index is 3.96. The van der Waals surface area contributed by atoms with E-state index in [0.717, 1.165) is 41.5 Å². The first-order chi connectivity index (χ1) is 25.5. The van der Waals surface area contributed by atoms with Crippen LogP contribution in [0.1, 0.15) is 115 Å². The zero-order valence-electron chi connectivity index (χ0n) is 34.5. The standard InChI is InChI=1S/C37H54F12O9/c1-14-31(12,18-30(10,11)25(50)53-19-33(39,40)20(2)38)26(51)54-24-16-22(32(13,35(41,42)43)56-21(3)55-28(4,5)6)15-23(17-24)34(36(44,45)46,37(47,48)49)58-27(52)57-29(7,8)9/h20,22-24H,3,14-19H2,1-2,4-13H3. The van der Waals surface area contributed by atoms with Crippen molar-refractivity contribution in [1.29, 1.82) is 0 Å². The van der Waals surface area contributed by atoms with Crippen LogP contribution < -0.4 is 0 Å². The molecule has 0 radical (unpaired) electrons. The smallest absolute Gasteiger partial charge is 0.462 e. The van der Waals surface area contributed by atoms with Crippen molar-refractivity contribution in [3.63, 3.8) is 0 Å². The summed E-state index contributed by atoms with van der Waals surface area (Å²) in [5, 5.41) is 0. The van der Waals surface area contributed by atoms with Gasteiger partial charge in [-0.1, -0.05) is 6.92 Å². The molecule has 0 bridgehead atoms. The summed E-state index contributed by atoms with van der Waals surface area (Å²) in [4.78, 5) is 39.3. The summed E-state index contributed by atoms with van der Waals surface area (Å²) in [6.07, 6.45) is -31.3. The van der Waals surface area contributed by atoms with Gasteiger partial charge in [-0.05, 0) is 115 Å². The van der Waals surface area contributed by atoms with Crippen LogP contribution in [-0.2, 0) is 38.0 Å². The summed E-state index contributed by atoms with van der Waals surface area (Å²) in [6.45, 7) is 14.6. The van der Waals surface area contributed by atoms with Gasteiger partial charge >= 0.3 is 48.1 Å². The number of rotatable bonds is 15. The predicted octanol–water partition coefficient (Wildman–Crippen LogP) is 11.1. The SMILES string of the molecule is C=C(OC(C)(C)C)OC(C)(C1CC(OC(=O)C(C)(CC)CC(C)(C)C(=O)OCC(F)(F)C(C)F)CC(C(OC(=O)OC(C)(C)C)(C(F)(F)F)C(F)(F)F)C1)C(F)(F)F. The molecular weight excluding hydrogens is 816 g/mol. The lowest BCUT2D eigenvalue weighted by Gasteiger charge is -2.50. The van der Waals surface area contributed by atoms with Gasteiger partial charge in [-0.25, -0.2) is 9.18 Å². The number of halogens is 12. The normalized spacial score (nSPS) is 21.8. The van der Waals surface area contributed by atoms with Crippen molar-refractivity contribution < 1.29 is 95.5 Å². The number of esters is 2. The van der Waals surface area contributed by atoms with Gasteiger partial charge in [-0.2, -0.15) is 48.3 Å². The first-order valence-electron chi connectivity index (χ1n) is 18.1. The number of hydrogen-bond donors (Lipinski definition) is 0. The van der Waals surface area contributed by atoms with Gasteiger partial charge in [0.1, 0.15) is 17.3 Å². The number of carbonyl (C=O) groups excluding carboxylic acids is 3. The molecule has 0 aliphatic heterocycles. The Morgan fingerprint density at radius 2 is 1.12 bits per heavy atom. The molecule has 1 aliphatic rings. The van der Waals surface area contributed by atoms with Crippen molar-refractivity contribution in [1.82, 2.24) is 0 Å². The lowest BCUT2D eigenvalue weighted by atomic mass is 9.66. The van der Waals surface area contributed by atoms with Gasteiger partial charge in [0.15, 0.2) is 12.8 Å². The average Bonchev–Trinajstić information content (AvgIpc) is 2.98. The van der Waals surface area contributed by atoms with Crippen molar-refractivity contribution in [3.05, 3.63) is 12.5 Å². The van der Waals surface area contributed by atoms with Crippen LogP contribution in [0.25, 0.3) is 0 Å². The molecule has 1 saturated carbocycles. The summed E-state index contributed by atoms with van der Waals surface area (Å²) in [5.41, 5.74) is -16.0. The summed E-state index contributed by atoms with van der Waals surface area (Å²) < 4.78 is 205. The Bertz CT molecular complexity index is 1440. The maximum Gasteiger partial charge on any atom is 0.510 e. The van der Waals surface area contributed by atoms with E-state index in [-0.39, 0.29) is 6.42 Å². The second-order valence-electron chi connectivity index (χ2n) is 17.6. The Kier molecular flexibility index (Phi) is 15.8. The van der Waals surface area contributed by atoms with Crippen molar-refractivity contribution in [3.8, 4) is 0 Å². The van der Waals surface area contributed by atoms with Crippen LogP contribution in [0.15, 0.2) is 12.5 Å². The summed E-state index contributed by atoms with van der Waals surface area (Å²) in [7, 11) is 0. The van der Waals surface area contributed by atoms with E-state index >= 15 is 39.5 Å². The number of hydrogen-bond acceptors (Lipinski definition) is 9. The van der Waals surface area contributed by atoms with Gasteiger partial charge < -0.3 is 28.4 Å². The number of carbonyl (C=O) groups is 3. The minimum atomic E-state index is -6.57. The molecule has 0 aromatic carbocycles. The van der Waals surface area contributed by atoms with E-state index in [2.05, 4.69) is 20.8 Å². The molecule has 1 rings (SSSR count). The lowest BCUT2D eigenvalue weighted by Crippen LogP contribution is -2.67. The van der Waals surface area contributed by atoms with Crippen molar-refractivity contribution >= 4 is 18.1 Å². The molecule has 9 nitrogen and oxygen atoms in total. The Morgan fingerprint density at radius 3 is 1.52 bits per heavy atom. The van der Waals surface area contributed by atoms with Crippen molar-refractivity contribution in [2.24, 2.45) is 22.7 Å². The first kappa shape index (κ1) is 52.7. The Morgan fingerprint density at radius 1 is 0.655 bits per heavy atom. The maximum absolute atomic E-state index is 15.1. The molecule has 340 valence electrons. The van der Waals surface area contributed by atoms with E-state index < -0.39 is 138 Å². The minimum Gasteiger partial charge on any atom is -0.462 e. The average molecular weight is 871 g/mol. The minimum absolute atomic E-state index is 0.288. The molecule has 0 N–H and O–H groups in total. The van der Waals surface area contributed by atoms with Gasteiger partial charge in [-0.15, -0.1) is 0 Å². The van der Waals surface area contributed by atoms with Crippen LogP contribution in [0, 0.1) is 22.7 Å². The van der Waals surface area contributed by atoms with Crippen molar-refractivity contribution in [2.45, 2.75) is 174 Å². The van der Waals surface area contributed by atoms with E-state index in [1.165, 1.54) is 27.7 Å². The molecule has 1 aliphatic carbocycles. The first-order valence-corrected chi connectivity index (χ1v) is 18.1. The van der Waals surface area contributed by atoms with Gasteiger partial charge in [0.05, 0.1) is 10.8 Å². The van der Waals surface area contributed by atoms with E-state index in [4.69, 9.17) is 14.2 Å². The van der Waals surface area contributed by atoms with Crippen molar-refractivity contribution in [2.75, 3.05) is 6.61 Å². The predicted molar refractivity (Wildman–Crippen MR) is 182 cm³/mol. The molecule has 0 heterocycles. The van der Waals surface area contributed by atoms with Gasteiger partial charge in [0.25, 0.3) is 5.95 Å². The second-order valence-corrected chi connectivity index (χ2v) is 17.6. The highest BCUT2D eigenvalue weighted by Gasteiger charge is 2.79. The lowest BCUT2D eigenvalue weighted by molar-refractivity contribution is -0.392. The molecular formula is C37H54F12O9. The van der Waals surface area contributed by atoms with Crippen LogP contribution in [0.3, 0.4) is 0 Å². The molecule has 21 heteroatoms. The maximum atomic E-state index is 15.1. The topological polar surface area (TPSA) is 107 Å². The molecule has 0 spiro atoms. The third-order valence-corrected chi connectivity index (χ3v) is 9.71. The fraction of sp³-hybridized carbons (Fsp3) is 0.865. The van der Waals surface area contributed by atoms with Crippen LogP contribution >= 0.6 is 0 Å². The zero-order valence-corrected chi connectivity index (χ0v) is 34.5. The zero-order chi connectivity index (χ0) is 46.1. The molecule has 0 amide bonds. The fourth-order valence-electron chi connectivity index (χ4n) is 6.50. The van der Waals surface area contributed by atoms with Crippen LogP contribution in [0.4, 0.5) is 57.5 Å². The molecule has 0 saturated heterocycles. The highest BCUT2D eigenvalue weighted by atomic mass is 19.4. The van der Waals surface area contributed by atoms with Gasteiger partial charge in [0.2, 0.25) is 5.60 Å². The Hall–Kier alpha value is -3.29. The quantitative estimate of drug-likeness (QED) is 0.0688. The fourth-order valence-corrected chi connectivity index (χ4v) is 6.50. The molecule has 6 atom stereocenters. The third kappa shape index (κ3) is 12.9. The number of alkyl halides is 12. The van der Waals surface area contributed by atoms with E-state index in [1.807, 2.05) is 0 Å². The van der Waals surface area contributed by atoms with E-state index in [0.29, 0.717) is 13.8 Å². The monoisotopic (exact) mass is 870 g/mol. The summed E-state index contributed by atoms with van der Waals surface area (Å²) in [6, 6.07) is 0. The highest BCUT2D eigenvalue weighted by Crippen LogP contribution is 2.58. The van der Waals surface area contributed by atoms with Crippen LogP contribution in [-0.4, -0.2) is 83.8 Å². The highest BCUT2D eigenvalue weighted by molar-refractivity contribution is 5.80. The largest absolute Gasteiger partial charge is 0.510 e. The summed E-state index contributed by atoms with van der Waals surface area (Å²) >= 11 is 0. The summed E-state index contributed by atoms with van der Waals surface area (Å²) in [5.74, 6) is -13.5. The van der Waals surface area contributed by atoms with E-state index in [1.54, 1.807) is 0 Å². The van der Waals surface area contributed by atoms with Gasteiger partial charge in [0, 0.05) is 11.8 Å². The second kappa shape index (κ2) is 17.4. The molecule has 0 aromatic rings. The molecule has 0 aromatic heterocycles.